The first-order valence-corrected chi connectivity index (χ1v) is 11.7. The van der Waals surface area contributed by atoms with E-state index >= 15 is 0 Å². The summed E-state index contributed by atoms with van der Waals surface area (Å²) in [4.78, 5) is 22.0. The molecule has 0 heterocycles. The van der Waals surface area contributed by atoms with Crippen molar-refractivity contribution >= 4 is 11.9 Å². The summed E-state index contributed by atoms with van der Waals surface area (Å²) >= 11 is 0. The first-order chi connectivity index (χ1) is 22.8. The van der Waals surface area contributed by atoms with Crippen LogP contribution in [0.3, 0.4) is 0 Å². The van der Waals surface area contributed by atoms with E-state index in [2.05, 4.69) is 0 Å². The number of rotatable bonds is 16. The molecule has 34 heteroatoms. The third-order valence-electron chi connectivity index (χ3n) is 6.44. The molecule has 0 radical (unpaired) electrons. The third-order valence-corrected chi connectivity index (χ3v) is 6.44. The average Bonchev–Trinajstić information content (AvgIpc) is 2.92. The van der Waals surface area contributed by atoms with Crippen LogP contribution in [0.25, 0.3) is 0 Å². The highest BCUT2D eigenvalue weighted by atomic mass is 19.4. The maximum absolute atomic E-state index is 14.2. The fourth-order valence-electron chi connectivity index (χ4n) is 3.27. The Bertz CT molecular complexity index is 1350. The molecule has 0 aromatic carbocycles. The second-order valence-electron chi connectivity index (χ2n) is 10.0. The van der Waals surface area contributed by atoms with Crippen LogP contribution in [0.2, 0.25) is 0 Å². The van der Waals surface area contributed by atoms with E-state index in [0.717, 1.165) is 0 Å². The maximum Gasteiger partial charge on any atom is 0.460 e. The lowest BCUT2D eigenvalue weighted by Crippen LogP contribution is -2.72. The van der Waals surface area contributed by atoms with Crippen molar-refractivity contribution in [2.24, 2.45) is 0 Å². The molecule has 4 nitrogen and oxygen atoms in total. The molecule has 0 saturated heterocycles. The Labute approximate surface area is 272 Å². The van der Waals surface area contributed by atoms with Gasteiger partial charge in [-0.25, -0.2) is 0 Å². The molecule has 0 saturated carbocycles. The van der Waals surface area contributed by atoms with Crippen molar-refractivity contribution in [3.8, 4) is 0 Å². The summed E-state index contributed by atoms with van der Waals surface area (Å²) in [6.07, 6.45) is -25.8. The zero-order valence-electron chi connectivity index (χ0n) is 23.4. The van der Waals surface area contributed by atoms with Crippen LogP contribution in [0, 0.1) is 0 Å². The second kappa shape index (κ2) is 13.1. The van der Waals surface area contributed by atoms with Crippen molar-refractivity contribution in [1.82, 2.24) is 0 Å². The molecule has 0 fully saturated rings. The van der Waals surface area contributed by atoms with E-state index in [0.29, 0.717) is 0 Å². The lowest BCUT2D eigenvalue weighted by Gasteiger charge is -2.42. The summed E-state index contributed by atoms with van der Waals surface area (Å²) < 4.78 is 400. The molecule has 0 amide bonds. The van der Waals surface area contributed by atoms with Crippen LogP contribution in [0.15, 0.2) is 11.1 Å². The lowest BCUT2D eigenvalue weighted by atomic mass is 9.85. The zero-order valence-corrected chi connectivity index (χ0v) is 23.4. The van der Waals surface area contributed by atoms with Crippen molar-refractivity contribution in [2.45, 2.75) is 96.3 Å². The predicted molar refractivity (Wildman–Crippen MR) is 97.7 cm³/mol. The van der Waals surface area contributed by atoms with Gasteiger partial charge >= 0.3 is 83.4 Å². The van der Waals surface area contributed by atoms with Crippen LogP contribution in [0.1, 0.15) is 12.8 Å². The lowest BCUT2D eigenvalue weighted by molar-refractivity contribution is -0.452. The number of aliphatic carboxylic acids is 2. The summed E-state index contributed by atoms with van der Waals surface area (Å²) in [5.41, 5.74) is -8.27. The van der Waals surface area contributed by atoms with E-state index in [1.165, 1.54) is 0 Å². The molecule has 54 heavy (non-hydrogen) atoms. The molecule has 320 valence electrons. The van der Waals surface area contributed by atoms with Gasteiger partial charge in [-0.15, -0.1) is 0 Å². The van der Waals surface area contributed by atoms with Crippen LogP contribution in [0.4, 0.5) is 132 Å². The summed E-state index contributed by atoms with van der Waals surface area (Å²) in [7, 11) is 0. The molecule has 0 bridgehead atoms. The molecule has 0 aliphatic carbocycles. The van der Waals surface area contributed by atoms with Gasteiger partial charge in [-0.3, -0.25) is 0 Å². The van der Waals surface area contributed by atoms with Crippen molar-refractivity contribution in [3.05, 3.63) is 11.1 Å². The second-order valence-corrected chi connectivity index (χ2v) is 10.0. The molecule has 0 N–H and O–H groups in total. The van der Waals surface area contributed by atoms with Gasteiger partial charge in [0.25, 0.3) is 0 Å². The van der Waals surface area contributed by atoms with Crippen molar-refractivity contribution < 1.29 is 152 Å². The minimum atomic E-state index is -9.16. The Kier molecular flexibility index (Phi) is 12.3. The fraction of sp³-hybridized carbons (Fsp3) is 0.800. The van der Waals surface area contributed by atoms with Gasteiger partial charge in [-0.1, -0.05) is 0 Å². The molecule has 0 spiro atoms. The minimum Gasteiger partial charge on any atom is -0.545 e. The Morgan fingerprint density at radius 2 is 0.426 bits per heavy atom. The summed E-state index contributed by atoms with van der Waals surface area (Å²) in [5, 5.41) is 22.0. The Morgan fingerprint density at radius 1 is 0.278 bits per heavy atom. The molecule has 0 aliphatic rings. The van der Waals surface area contributed by atoms with Crippen LogP contribution in [-0.2, 0) is 9.59 Å². The van der Waals surface area contributed by atoms with Gasteiger partial charge in [0.1, 0.15) is 0 Å². The van der Waals surface area contributed by atoms with Crippen molar-refractivity contribution in [2.75, 3.05) is 0 Å². The Morgan fingerprint density at radius 3 is 0.574 bits per heavy atom. The van der Waals surface area contributed by atoms with Crippen molar-refractivity contribution in [1.29, 1.82) is 0 Å². The number of carbonyl (C=O) groups is 2. The SMILES string of the molecule is O=C([O-])/C(CC(F)(F)C(F)(F)C(F)(F)C(F)(F)C(F)(F)C(F)(F)C(F)(F)F)=C(\CC(F)(F)C(F)(F)C(F)(F)C(F)(F)C(F)(F)C(F)(F)C(F)(F)F)C(=O)[O-]. The van der Waals surface area contributed by atoms with Crippen LogP contribution in [0.5, 0.6) is 0 Å². The van der Waals surface area contributed by atoms with Gasteiger partial charge in [-0.05, 0) is 11.1 Å². The van der Waals surface area contributed by atoms with Gasteiger partial charge in [-0.2, -0.15) is 132 Å². The quantitative estimate of drug-likeness (QED) is 0.120. The van der Waals surface area contributed by atoms with Crippen LogP contribution >= 0.6 is 0 Å². The van der Waals surface area contributed by atoms with Crippen LogP contribution in [-0.4, -0.2) is 95.4 Å². The predicted octanol–water partition coefficient (Wildman–Crippen LogP) is 7.31. The molecule has 0 aliphatic heterocycles. The molecular formula is C20H4F30O4-2. The Hall–Kier alpha value is -3.42. The highest BCUT2D eigenvalue weighted by molar-refractivity contribution is 5.97. The smallest absolute Gasteiger partial charge is 0.460 e. The number of hydrogen-bond acceptors (Lipinski definition) is 4. The standard InChI is InChI=1S/C20H6F30O4/c21-7(22,9(25,26)11(29,30)13(33,34)15(37,38)17(41,42)19(45,46)47)1-3(5(51)52)4(6(53)54)2-8(23,24)10(27,28)12(31,32)14(35,36)16(39,40)18(43,44)20(48,49)50/h1-2H2,(H,51,52)(H,53,54)/p-2/b4-3+. The van der Waals surface area contributed by atoms with E-state index in [4.69, 9.17) is 0 Å². The number of carboxylic acids is 2. The summed E-state index contributed by atoms with van der Waals surface area (Å²) in [6.45, 7) is 0. The zero-order chi connectivity index (χ0) is 44.7. The normalized spacial score (nSPS) is 16.7. The highest BCUT2D eigenvalue weighted by Gasteiger charge is 2.95. The summed E-state index contributed by atoms with van der Waals surface area (Å²) in [6, 6.07) is 0. The number of carbonyl (C=O) groups excluding carboxylic acids is 2. The molecule has 0 aromatic rings. The maximum atomic E-state index is 14.2. The van der Waals surface area contributed by atoms with E-state index in [1.54, 1.807) is 0 Å². The number of alkyl halides is 30. The van der Waals surface area contributed by atoms with E-state index in [1.807, 2.05) is 0 Å². The average molecular weight is 878 g/mol. The topological polar surface area (TPSA) is 80.3 Å². The van der Waals surface area contributed by atoms with Crippen molar-refractivity contribution in [3.63, 3.8) is 0 Å². The van der Waals surface area contributed by atoms with Gasteiger partial charge in [0.15, 0.2) is 0 Å². The van der Waals surface area contributed by atoms with E-state index in [-0.39, 0.29) is 0 Å². The molecular weight excluding hydrogens is 874 g/mol. The van der Waals surface area contributed by atoms with Gasteiger partial charge in [0.05, 0.1) is 11.9 Å². The monoisotopic (exact) mass is 878 g/mol. The Balaban J connectivity index is 7.61. The number of carboxylic acid groups (broad SMARTS) is 2. The molecule has 0 atom stereocenters. The first-order valence-electron chi connectivity index (χ1n) is 11.7. The van der Waals surface area contributed by atoms with Gasteiger partial charge < -0.3 is 19.8 Å². The fourth-order valence-corrected chi connectivity index (χ4v) is 3.27. The largest absolute Gasteiger partial charge is 0.545 e. The summed E-state index contributed by atoms with van der Waals surface area (Å²) in [5.74, 6) is -114. The first kappa shape index (κ1) is 50.6. The molecule has 0 aromatic heterocycles. The molecule has 0 rings (SSSR count). The number of hydrogen-bond donors (Lipinski definition) is 0. The number of halogens is 30. The minimum absolute atomic E-state index is 4.13. The third kappa shape index (κ3) is 6.86. The van der Waals surface area contributed by atoms with E-state index in [9.17, 15) is 152 Å². The highest BCUT2D eigenvalue weighted by Crippen LogP contribution is 2.65. The van der Waals surface area contributed by atoms with Crippen LogP contribution < -0.4 is 10.2 Å². The molecule has 0 unspecified atom stereocenters. The van der Waals surface area contributed by atoms with Gasteiger partial charge in [0.2, 0.25) is 0 Å². The van der Waals surface area contributed by atoms with E-state index < -0.39 is 119 Å². The van der Waals surface area contributed by atoms with Gasteiger partial charge in [0, 0.05) is 12.8 Å².